The summed E-state index contributed by atoms with van der Waals surface area (Å²) < 4.78 is 25.6. The third kappa shape index (κ3) is 5.75. The number of methoxy groups -OCH3 is 1. The van der Waals surface area contributed by atoms with Crippen LogP contribution in [0.3, 0.4) is 0 Å². The van der Waals surface area contributed by atoms with Crippen LogP contribution in [-0.2, 0) is 16.2 Å². The van der Waals surface area contributed by atoms with Crippen LogP contribution >= 0.6 is 0 Å². The highest BCUT2D eigenvalue weighted by molar-refractivity contribution is 5.96. The maximum atomic E-state index is 14.3. The molecule has 3 aliphatic rings. The zero-order valence-electron chi connectivity index (χ0n) is 34.4. The van der Waals surface area contributed by atoms with Gasteiger partial charge in [0.1, 0.15) is 23.0 Å². The van der Waals surface area contributed by atoms with Crippen molar-refractivity contribution in [3.8, 4) is 34.1 Å². The fourth-order valence-electron chi connectivity index (χ4n) is 10.2. The van der Waals surface area contributed by atoms with E-state index in [1.54, 1.807) is 14.0 Å². The number of hydrogen-bond donors (Lipinski definition) is 0. The summed E-state index contributed by atoms with van der Waals surface area (Å²) in [6, 6.07) is 41.2. The first-order valence-corrected chi connectivity index (χ1v) is 20.0. The van der Waals surface area contributed by atoms with Crippen LogP contribution in [0.4, 0.5) is 0 Å². The first-order valence-electron chi connectivity index (χ1n) is 20.0. The number of ketones is 1. The van der Waals surface area contributed by atoms with Crippen molar-refractivity contribution in [2.24, 2.45) is 0 Å². The molecule has 2 heterocycles. The van der Waals surface area contributed by atoms with Gasteiger partial charge >= 0.3 is 5.97 Å². The quantitative estimate of drug-likeness (QED) is 0.0953. The number of hydrogen-bond acceptors (Lipinski definition) is 6. The second-order valence-electron chi connectivity index (χ2n) is 17.6. The highest BCUT2D eigenvalue weighted by Gasteiger charge is 2.54. The number of carbonyl (C=O) groups is 2. The van der Waals surface area contributed by atoms with E-state index < -0.39 is 22.6 Å². The Bertz CT molecular complexity index is 2620. The molecule has 6 aromatic carbocycles. The molecule has 0 saturated heterocycles. The zero-order chi connectivity index (χ0) is 40.8. The molecule has 1 unspecified atom stereocenters. The summed E-state index contributed by atoms with van der Waals surface area (Å²) in [6.07, 6.45) is 1.17. The van der Waals surface area contributed by atoms with Crippen LogP contribution in [0.1, 0.15) is 113 Å². The van der Waals surface area contributed by atoms with Crippen molar-refractivity contribution in [3.63, 3.8) is 0 Å². The second-order valence-corrected chi connectivity index (χ2v) is 17.6. The lowest BCUT2D eigenvalue weighted by atomic mass is 9.67. The molecule has 6 aromatic rings. The van der Waals surface area contributed by atoms with Crippen molar-refractivity contribution >= 4 is 11.8 Å². The predicted octanol–water partition coefficient (Wildman–Crippen LogP) is 11.6. The van der Waals surface area contributed by atoms with Gasteiger partial charge in [-0.05, 0) is 114 Å². The number of Topliss-reactive ketones (excluding diaryl/α,β-unsaturated/α-hetero) is 1. The van der Waals surface area contributed by atoms with Gasteiger partial charge in [0.25, 0.3) is 5.79 Å². The predicted molar refractivity (Wildman–Crippen MR) is 227 cm³/mol. The Morgan fingerprint density at radius 2 is 1.10 bits per heavy atom. The molecule has 1 aliphatic carbocycles. The number of rotatable bonds is 6. The van der Waals surface area contributed by atoms with E-state index in [-0.39, 0.29) is 11.2 Å². The summed E-state index contributed by atoms with van der Waals surface area (Å²) in [5.74, 6) is 1.37. The summed E-state index contributed by atoms with van der Waals surface area (Å²) in [5, 5.41) is 0. The lowest BCUT2D eigenvalue weighted by molar-refractivity contribution is -0.166. The van der Waals surface area contributed by atoms with E-state index in [2.05, 4.69) is 94.4 Å². The van der Waals surface area contributed by atoms with Crippen LogP contribution in [0.25, 0.3) is 11.1 Å². The minimum absolute atomic E-state index is 0.0423. The minimum atomic E-state index is -0.927. The second kappa shape index (κ2) is 13.2. The monoisotopic (exact) mass is 768 g/mol. The summed E-state index contributed by atoms with van der Waals surface area (Å²) in [6.45, 7) is 14.2. The van der Waals surface area contributed by atoms with E-state index in [4.69, 9.17) is 18.9 Å². The van der Waals surface area contributed by atoms with E-state index in [0.29, 0.717) is 35.5 Å². The largest absolute Gasteiger partial charge is 0.497 e. The molecule has 0 saturated carbocycles. The first-order chi connectivity index (χ1) is 27.7. The normalized spacial score (nSPS) is 18.8. The molecule has 1 atom stereocenters. The van der Waals surface area contributed by atoms with Gasteiger partial charge in [0.15, 0.2) is 5.78 Å². The van der Waals surface area contributed by atoms with Crippen LogP contribution in [0.5, 0.6) is 23.0 Å². The lowest BCUT2D eigenvalue weighted by Crippen LogP contribution is -2.55. The number of aryl methyl sites for hydroxylation is 2. The summed E-state index contributed by atoms with van der Waals surface area (Å²) >= 11 is 0. The standard InChI is InChI=1S/C52H48O6/c1-31-24-46-44(27-40(31)33(3)53)49(4,5)29-51(57-46)30-50(6,7)45-28-41(32(2)25-47(45)58-51)48(54)56-37-15-13-14-35(26-37)52(34-20-22-36(55-8)23-21-34)42-18-11-9-16-38(42)39-17-10-12-19-43(39)52/h9-28H,29-30H2,1-8H3. The van der Waals surface area contributed by atoms with Gasteiger partial charge < -0.3 is 18.9 Å². The van der Waals surface area contributed by atoms with Crippen molar-refractivity contribution in [1.82, 2.24) is 0 Å². The Labute approximate surface area is 340 Å². The summed E-state index contributed by atoms with van der Waals surface area (Å²) in [4.78, 5) is 26.7. The molecule has 0 amide bonds. The molecule has 292 valence electrons. The van der Waals surface area contributed by atoms with Gasteiger partial charge in [-0.2, -0.15) is 0 Å². The van der Waals surface area contributed by atoms with Gasteiger partial charge in [0.05, 0.1) is 18.1 Å². The molecule has 0 N–H and O–H groups in total. The van der Waals surface area contributed by atoms with E-state index in [9.17, 15) is 9.59 Å². The molecular formula is C52H48O6. The zero-order valence-corrected chi connectivity index (χ0v) is 34.4. The van der Waals surface area contributed by atoms with Gasteiger partial charge in [-0.1, -0.05) is 100 Å². The molecule has 6 nitrogen and oxygen atoms in total. The van der Waals surface area contributed by atoms with Gasteiger partial charge in [-0.15, -0.1) is 0 Å². The number of ether oxygens (including phenoxy) is 4. The molecule has 58 heavy (non-hydrogen) atoms. The first kappa shape index (κ1) is 37.4. The molecule has 0 radical (unpaired) electrons. The smallest absolute Gasteiger partial charge is 0.343 e. The average molecular weight is 769 g/mol. The highest BCUT2D eigenvalue weighted by atomic mass is 16.7. The number of esters is 1. The SMILES string of the molecule is COc1ccc(C2(c3cccc(OC(=O)c4cc5c(cc4C)OC4(CC(C)(C)c6cc(C(C)=O)c(C)cc6O4)CC5(C)C)c3)c3ccccc3-c3ccccc32)cc1. The van der Waals surface area contributed by atoms with E-state index in [1.165, 1.54) is 22.3 Å². The van der Waals surface area contributed by atoms with Crippen molar-refractivity contribution < 1.29 is 28.5 Å². The Morgan fingerprint density at radius 3 is 1.66 bits per heavy atom. The molecule has 1 spiro atoms. The molecule has 2 aliphatic heterocycles. The van der Waals surface area contributed by atoms with Crippen molar-refractivity contribution in [1.29, 1.82) is 0 Å². The van der Waals surface area contributed by atoms with Crippen LogP contribution in [0.15, 0.2) is 121 Å². The number of carbonyl (C=O) groups excluding carboxylic acids is 2. The molecule has 0 aromatic heterocycles. The van der Waals surface area contributed by atoms with Crippen LogP contribution in [0.2, 0.25) is 0 Å². The Balaban J connectivity index is 1.07. The van der Waals surface area contributed by atoms with Gasteiger partial charge in [0, 0.05) is 40.4 Å². The number of benzene rings is 6. The average Bonchev–Trinajstić information content (AvgIpc) is 3.48. The topological polar surface area (TPSA) is 71.1 Å². The van der Waals surface area contributed by atoms with Crippen LogP contribution < -0.4 is 18.9 Å². The molecule has 6 heteroatoms. The van der Waals surface area contributed by atoms with E-state index in [1.807, 2.05) is 68.4 Å². The van der Waals surface area contributed by atoms with Crippen molar-refractivity contribution in [3.05, 3.63) is 177 Å². The maximum Gasteiger partial charge on any atom is 0.343 e. The molecule has 9 rings (SSSR count). The van der Waals surface area contributed by atoms with Gasteiger partial charge in [-0.3, -0.25) is 4.79 Å². The molecular weight excluding hydrogens is 721 g/mol. The van der Waals surface area contributed by atoms with Gasteiger partial charge in [0.2, 0.25) is 0 Å². The van der Waals surface area contributed by atoms with Crippen molar-refractivity contribution in [2.45, 2.75) is 83.3 Å². The fourth-order valence-corrected chi connectivity index (χ4v) is 10.2. The maximum absolute atomic E-state index is 14.3. The highest BCUT2D eigenvalue weighted by Crippen LogP contribution is 2.57. The molecule has 0 bridgehead atoms. The van der Waals surface area contributed by atoms with Gasteiger partial charge in [-0.25, -0.2) is 4.79 Å². The Hall–Kier alpha value is -6.14. The van der Waals surface area contributed by atoms with E-state index in [0.717, 1.165) is 44.9 Å². The van der Waals surface area contributed by atoms with Crippen LogP contribution in [-0.4, -0.2) is 24.6 Å². The van der Waals surface area contributed by atoms with E-state index >= 15 is 0 Å². The van der Waals surface area contributed by atoms with Crippen molar-refractivity contribution in [2.75, 3.05) is 7.11 Å². The fraction of sp³-hybridized carbons (Fsp3) is 0.269. The van der Waals surface area contributed by atoms with Crippen LogP contribution in [0, 0.1) is 13.8 Å². The summed E-state index contributed by atoms with van der Waals surface area (Å²) in [5.41, 5.74) is 10.2. The molecule has 0 fully saturated rings. The number of fused-ring (bicyclic) bond motifs is 5. The third-order valence-electron chi connectivity index (χ3n) is 12.7. The summed E-state index contributed by atoms with van der Waals surface area (Å²) in [7, 11) is 1.68. The third-order valence-corrected chi connectivity index (χ3v) is 12.7. The minimum Gasteiger partial charge on any atom is -0.497 e. The Morgan fingerprint density at radius 1 is 0.569 bits per heavy atom. The Kier molecular flexibility index (Phi) is 8.52. The lowest BCUT2D eigenvalue weighted by Gasteiger charge is -2.51.